The minimum Gasteiger partial charge on any atom is -0.317 e. The van der Waals surface area contributed by atoms with E-state index in [2.05, 4.69) is 39.5 Å². The molecule has 2 aromatic heterocycles. The third-order valence-corrected chi connectivity index (χ3v) is 9.33. The van der Waals surface area contributed by atoms with Gasteiger partial charge in [0.15, 0.2) is 0 Å². The first-order valence-electron chi connectivity index (χ1n) is 11.7. The van der Waals surface area contributed by atoms with Crippen LogP contribution in [-0.2, 0) is 17.8 Å². The molecule has 2 aliphatic heterocycles. The molecule has 4 heterocycles. The third-order valence-electron chi connectivity index (χ3n) is 7.13. The lowest BCUT2D eigenvalue weighted by molar-refractivity contribution is -0.116. The number of thiazole rings is 1. The van der Waals surface area contributed by atoms with Crippen LogP contribution in [-0.4, -0.2) is 43.1 Å². The van der Waals surface area contributed by atoms with Crippen LogP contribution in [0.5, 0.6) is 0 Å². The highest BCUT2D eigenvalue weighted by atomic mass is 32.1. The van der Waals surface area contributed by atoms with Crippen molar-refractivity contribution in [1.82, 2.24) is 20.9 Å². The predicted molar refractivity (Wildman–Crippen MR) is 132 cm³/mol. The number of benzene rings is 1. The van der Waals surface area contributed by atoms with E-state index in [-0.39, 0.29) is 5.91 Å². The zero-order valence-electron chi connectivity index (χ0n) is 18.1. The molecule has 2 fully saturated rings. The molecule has 32 heavy (non-hydrogen) atoms. The van der Waals surface area contributed by atoms with Crippen LogP contribution < -0.4 is 21.3 Å². The van der Waals surface area contributed by atoms with Crippen molar-refractivity contribution in [3.8, 4) is 10.6 Å². The maximum Gasteiger partial charge on any atom is 0.226 e. The van der Waals surface area contributed by atoms with Gasteiger partial charge in [0, 0.05) is 36.0 Å². The van der Waals surface area contributed by atoms with Gasteiger partial charge >= 0.3 is 0 Å². The Morgan fingerprint density at radius 3 is 2.81 bits per heavy atom. The molecular weight excluding hydrogens is 438 g/mol. The Hall–Kier alpha value is -1.84. The number of hydrogen-bond donors (Lipinski definition) is 4. The van der Waals surface area contributed by atoms with Crippen molar-refractivity contribution >= 4 is 43.8 Å². The van der Waals surface area contributed by atoms with E-state index in [0.29, 0.717) is 12.5 Å². The van der Waals surface area contributed by atoms with Crippen molar-refractivity contribution in [2.45, 2.75) is 38.3 Å². The van der Waals surface area contributed by atoms with Crippen LogP contribution >= 0.6 is 22.7 Å². The van der Waals surface area contributed by atoms with Crippen LogP contribution in [0.2, 0.25) is 0 Å². The SMILES string of the molecule is O=C(CCNC1C[C@H]2CNC[C@H]2C1)Nc1sc2c(c1-c1nc3ccccc3s1)CCNC2. The molecule has 0 bridgehead atoms. The summed E-state index contributed by atoms with van der Waals surface area (Å²) in [4.78, 5) is 19.1. The van der Waals surface area contributed by atoms with Crippen molar-refractivity contribution in [2.24, 2.45) is 11.8 Å². The molecule has 4 N–H and O–H groups in total. The van der Waals surface area contributed by atoms with Gasteiger partial charge in [0.05, 0.1) is 10.2 Å². The number of aromatic nitrogens is 1. The van der Waals surface area contributed by atoms with Crippen LogP contribution in [0, 0.1) is 11.8 Å². The zero-order chi connectivity index (χ0) is 21.5. The fourth-order valence-corrected chi connectivity index (χ4v) is 7.88. The Kier molecular flexibility index (Phi) is 5.73. The Balaban J connectivity index is 1.16. The van der Waals surface area contributed by atoms with Gasteiger partial charge in [-0.25, -0.2) is 4.98 Å². The molecule has 3 atom stereocenters. The van der Waals surface area contributed by atoms with Crippen LogP contribution in [0.15, 0.2) is 24.3 Å². The van der Waals surface area contributed by atoms with E-state index >= 15 is 0 Å². The summed E-state index contributed by atoms with van der Waals surface area (Å²) in [5, 5.41) is 15.8. The van der Waals surface area contributed by atoms with Gasteiger partial charge in [-0.05, 0) is 68.4 Å². The summed E-state index contributed by atoms with van der Waals surface area (Å²) in [5.41, 5.74) is 3.52. The number of fused-ring (bicyclic) bond motifs is 3. The number of nitrogens with one attached hydrogen (secondary N) is 4. The van der Waals surface area contributed by atoms with E-state index in [4.69, 9.17) is 4.98 Å². The van der Waals surface area contributed by atoms with Gasteiger partial charge in [-0.2, -0.15) is 0 Å². The Labute approximate surface area is 196 Å². The predicted octanol–water partition coefficient (Wildman–Crippen LogP) is 3.59. The number of amides is 1. The van der Waals surface area contributed by atoms with Crippen molar-refractivity contribution < 1.29 is 4.79 Å². The Morgan fingerprint density at radius 1 is 1.12 bits per heavy atom. The molecule has 0 spiro atoms. The molecule has 3 aliphatic rings. The molecule has 1 saturated heterocycles. The van der Waals surface area contributed by atoms with E-state index in [1.807, 2.05) is 6.07 Å². The van der Waals surface area contributed by atoms with Crippen LogP contribution in [0.4, 0.5) is 5.00 Å². The molecule has 6 nitrogen and oxygen atoms in total. The molecule has 1 unspecified atom stereocenters. The second-order valence-corrected chi connectivity index (χ2v) is 11.4. The second kappa shape index (κ2) is 8.83. The van der Waals surface area contributed by atoms with Crippen LogP contribution in [0.3, 0.4) is 0 Å². The van der Waals surface area contributed by atoms with Crippen molar-refractivity contribution in [2.75, 3.05) is 31.5 Å². The lowest BCUT2D eigenvalue weighted by Crippen LogP contribution is -2.31. The standard InChI is InChI=1S/C24H29N5OS2/c30-21(6-8-27-16-9-14-11-26-12-15(14)10-16)29-24-22(17-5-7-25-13-20(17)32-24)23-28-18-3-1-2-4-19(18)31-23/h1-4,14-16,25-27H,5-13H2,(H,29,30)/t14-,15+,16?. The molecular formula is C24H29N5OS2. The van der Waals surface area contributed by atoms with E-state index in [9.17, 15) is 4.79 Å². The first-order valence-corrected chi connectivity index (χ1v) is 13.3. The van der Waals surface area contributed by atoms with E-state index in [1.165, 1.54) is 28.0 Å². The number of nitrogens with zero attached hydrogens (tertiary/aromatic N) is 1. The van der Waals surface area contributed by atoms with Gasteiger partial charge < -0.3 is 21.3 Å². The summed E-state index contributed by atoms with van der Waals surface area (Å²) >= 11 is 3.43. The maximum absolute atomic E-state index is 12.9. The minimum atomic E-state index is 0.0891. The average molecular weight is 468 g/mol. The zero-order valence-corrected chi connectivity index (χ0v) is 19.7. The summed E-state index contributed by atoms with van der Waals surface area (Å²) in [6.07, 6.45) is 3.97. The molecule has 1 aliphatic carbocycles. The average Bonchev–Trinajstić information content (AvgIpc) is 3.54. The molecule has 6 rings (SSSR count). The fraction of sp³-hybridized carbons (Fsp3) is 0.500. The van der Waals surface area contributed by atoms with Gasteiger partial charge in [-0.15, -0.1) is 22.7 Å². The molecule has 168 valence electrons. The first-order chi connectivity index (χ1) is 15.7. The molecule has 8 heteroatoms. The van der Waals surface area contributed by atoms with Gasteiger partial charge in [-0.3, -0.25) is 4.79 Å². The topological polar surface area (TPSA) is 78.1 Å². The smallest absolute Gasteiger partial charge is 0.226 e. The summed E-state index contributed by atoms with van der Waals surface area (Å²) in [7, 11) is 0. The second-order valence-electron chi connectivity index (χ2n) is 9.22. The van der Waals surface area contributed by atoms with Gasteiger partial charge in [0.25, 0.3) is 0 Å². The number of anilines is 1. The number of rotatable bonds is 6. The number of carbonyl (C=O) groups excluding carboxylic acids is 1. The number of hydrogen-bond acceptors (Lipinski definition) is 7. The molecule has 1 amide bonds. The Morgan fingerprint density at radius 2 is 1.97 bits per heavy atom. The summed E-state index contributed by atoms with van der Waals surface area (Å²) in [5.74, 6) is 1.73. The highest BCUT2D eigenvalue weighted by molar-refractivity contribution is 7.22. The molecule has 1 saturated carbocycles. The quantitative estimate of drug-likeness (QED) is 0.446. The van der Waals surface area contributed by atoms with E-state index in [0.717, 1.165) is 72.1 Å². The maximum atomic E-state index is 12.9. The van der Waals surface area contributed by atoms with Gasteiger partial charge in [0.1, 0.15) is 10.0 Å². The fourth-order valence-electron chi connectivity index (χ4n) is 5.54. The first kappa shape index (κ1) is 20.7. The van der Waals surface area contributed by atoms with E-state index < -0.39 is 0 Å². The monoisotopic (exact) mass is 467 g/mol. The molecule has 0 radical (unpaired) electrons. The highest BCUT2D eigenvalue weighted by Crippen LogP contribution is 2.44. The van der Waals surface area contributed by atoms with Crippen LogP contribution in [0.1, 0.15) is 29.7 Å². The largest absolute Gasteiger partial charge is 0.317 e. The Bertz CT molecular complexity index is 1090. The lowest BCUT2D eigenvalue weighted by atomic mass is 10.0. The summed E-state index contributed by atoms with van der Waals surface area (Å²) < 4.78 is 1.19. The van der Waals surface area contributed by atoms with Gasteiger partial charge in [-0.1, -0.05) is 12.1 Å². The minimum absolute atomic E-state index is 0.0891. The van der Waals surface area contributed by atoms with Gasteiger partial charge in [0.2, 0.25) is 5.91 Å². The summed E-state index contributed by atoms with van der Waals surface area (Å²) in [6.45, 7) is 4.91. The lowest BCUT2D eigenvalue weighted by Gasteiger charge is -2.14. The summed E-state index contributed by atoms with van der Waals surface area (Å²) in [6, 6.07) is 8.84. The van der Waals surface area contributed by atoms with Crippen molar-refractivity contribution in [3.63, 3.8) is 0 Å². The van der Waals surface area contributed by atoms with Crippen molar-refractivity contribution in [3.05, 3.63) is 34.7 Å². The number of carbonyl (C=O) groups is 1. The number of para-hydroxylation sites is 1. The third kappa shape index (κ3) is 3.99. The normalized spacial score (nSPS) is 24.6. The molecule has 1 aromatic carbocycles. The number of thiophene rings is 1. The highest BCUT2D eigenvalue weighted by Gasteiger charge is 2.36. The molecule has 3 aromatic rings. The van der Waals surface area contributed by atoms with E-state index in [1.54, 1.807) is 22.7 Å². The van der Waals surface area contributed by atoms with Crippen molar-refractivity contribution in [1.29, 1.82) is 0 Å². The van der Waals surface area contributed by atoms with Crippen LogP contribution in [0.25, 0.3) is 20.8 Å².